The minimum Gasteiger partial charge on any atom is -0.365 e. The molecule has 0 atom stereocenters. The molecule has 0 fully saturated rings. The van der Waals surface area contributed by atoms with Gasteiger partial charge in [-0.3, -0.25) is 9.59 Å². The lowest BCUT2D eigenvalue weighted by Crippen LogP contribution is -2.27. The monoisotopic (exact) mass is 343 g/mol. The second-order valence-electron chi connectivity index (χ2n) is 6.27. The molecule has 3 rings (SSSR count). The molecule has 0 spiro atoms. The normalized spacial score (nSPS) is 14.2. The van der Waals surface area contributed by atoms with E-state index in [9.17, 15) is 9.59 Å². The number of carbonyl (C=O) groups is 2. The molecule has 6 heteroatoms. The molecule has 2 heterocycles. The van der Waals surface area contributed by atoms with Crippen LogP contribution in [0.4, 0.5) is 5.00 Å². The van der Waals surface area contributed by atoms with Crippen molar-refractivity contribution in [1.82, 2.24) is 4.90 Å². The summed E-state index contributed by atoms with van der Waals surface area (Å²) in [6.07, 6.45) is 1.07. The summed E-state index contributed by atoms with van der Waals surface area (Å²) in [5.41, 5.74) is 9.12. The highest BCUT2D eigenvalue weighted by Gasteiger charge is 2.26. The topological polar surface area (TPSA) is 75.4 Å². The maximum absolute atomic E-state index is 12.4. The van der Waals surface area contributed by atoms with E-state index in [0.29, 0.717) is 10.6 Å². The predicted molar refractivity (Wildman–Crippen MR) is 96.4 cm³/mol. The van der Waals surface area contributed by atoms with Gasteiger partial charge in [-0.1, -0.05) is 29.8 Å². The van der Waals surface area contributed by atoms with E-state index in [-0.39, 0.29) is 12.3 Å². The van der Waals surface area contributed by atoms with Crippen LogP contribution in [-0.2, 0) is 24.2 Å². The smallest absolute Gasteiger partial charge is 0.251 e. The van der Waals surface area contributed by atoms with E-state index in [2.05, 4.69) is 10.2 Å². The van der Waals surface area contributed by atoms with E-state index in [4.69, 9.17) is 5.73 Å². The summed E-state index contributed by atoms with van der Waals surface area (Å²) in [5, 5.41) is 3.48. The summed E-state index contributed by atoms with van der Waals surface area (Å²) in [6.45, 7) is 3.67. The number of aryl methyl sites for hydroxylation is 1. The van der Waals surface area contributed by atoms with Gasteiger partial charge in [0.05, 0.1) is 12.0 Å². The van der Waals surface area contributed by atoms with Gasteiger partial charge < -0.3 is 16.0 Å². The van der Waals surface area contributed by atoms with Crippen LogP contribution in [-0.4, -0.2) is 30.3 Å². The van der Waals surface area contributed by atoms with Crippen molar-refractivity contribution >= 4 is 28.2 Å². The number of benzene rings is 1. The van der Waals surface area contributed by atoms with E-state index >= 15 is 0 Å². The third-order valence-electron chi connectivity index (χ3n) is 4.19. The molecule has 2 aromatic rings. The number of anilines is 1. The van der Waals surface area contributed by atoms with Gasteiger partial charge in [0.25, 0.3) is 5.91 Å². The van der Waals surface area contributed by atoms with E-state index in [1.54, 1.807) is 0 Å². The van der Waals surface area contributed by atoms with Crippen LogP contribution >= 0.6 is 11.3 Å². The number of hydrogen-bond donors (Lipinski definition) is 2. The number of rotatable bonds is 4. The van der Waals surface area contributed by atoms with Gasteiger partial charge in [-0.2, -0.15) is 0 Å². The van der Waals surface area contributed by atoms with Crippen molar-refractivity contribution in [2.24, 2.45) is 5.73 Å². The largest absolute Gasteiger partial charge is 0.365 e. The third kappa shape index (κ3) is 3.49. The molecule has 24 heavy (non-hydrogen) atoms. The molecule has 3 N–H and O–H groups in total. The first kappa shape index (κ1) is 16.7. The van der Waals surface area contributed by atoms with Gasteiger partial charge in [0.1, 0.15) is 5.00 Å². The summed E-state index contributed by atoms with van der Waals surface area (Å²) < 4.78 is 0. The van der Waals surface area contributed by atoms with E-state index in [1.807, 2.05) is 38.2 Å². The van der Waals surface area contributed by atoms with E-state index in [1.165, 1.54) is 11.3 Å². The molecule has 0 saturated carbocycles. The molecule has 0 radical (unpaired) electrons. The van der Waals surface area contributed by atoms with Crippen LogP contribution in [0.15, 0.2) is 24.3 Å². The Morgan fingerprint density at radius 2 is 2.17 bits per heavy atom. The minimum absolute atomic E-state index is 0.130. The highest BCUT2D eigenvalue weighted by molar-refractivity contribution is 7.17. The SMILES string of the molecule is Cc1cccc(CC(=O)Nc2sc3c(c2C(N)=O)CCN(C)C3)c1. The molecule has 0 saturated heterocycles. The van der Waals surface area contributed by atoms with Crippen molar-refractivity contribution in [3.05, 3.63) is 51.4 Å². The van der Waals surface area contributed by atoms with Gasteiger partial charge >= 0.3 is 0 Å². The Morgan fingerprint density at radius 1 is 1.38 bits per heavy atom. The Bertz CT molecular complexity index is 798. The van der Waals surface area contributed by atoms with Gasteiger partial charge in [-0.15, -0.1) is 11.3 Å². The number of nitrogens with two attached hydrogens (primary N) is 1. The Kier molecular flexibility index (Phi) is 4.69. The van der Waals surface area contributed by atoms with Crippen molar-refractivity contribution in [1.29, 1.82) is 0 Å². The van der Waals surface area contributed by atoms with Crippen LogP contribution in [0, 0.1) is 6.92 Å². The lowest BCUT2D eigenvalue weighted by molar-refractivity contribution is -0.115. The quantitative estimate of drug-likeness (QED) is 0.894. The molecule has 1 aromatic carbocycles. The first-order valence-electron chi connectivity index (χ1n) is 7.92. The van der Waals surface area contributed by atoms with Crippen molar-refractivity contribution in [2.75, 3.05) is 18.9 Å². The molecule has 1 aliphatic heterocycles. The first-order chi connectivity index (χ1) is 11.4. The fourth-order valence-electron chi connectivity index (χ4n) is 3.06. The molecule has 1 aliphatic rings. The lowest BCUT2D eigenvalue weighted by Gasteiger charge is -2.22. The van der Waals surface area contributed by atoms with Gasteiger partial charge in [-0.05, 0) is 31.5 Å². The number of likely N-dealkylation sites (N-methyl/N-ethyl adjacent to an activating group) is 1. The summed E-state index contributed by atoms with van der Waals surface area (Å²) in [6, 6.07) is 7.85. The first-order valence-corrected chi connectivity index (χ1v) is 8.74. The Hall–Kier alpha value is -2.18. The van der Waals surface area contributed by atoms with Gasteiger partial charge in [0.2, 0.25) is 5.91 Å². The Labute approximate surface area is 145 Å². The zero-order chi connectivity index (χ0) is 17.3. The van der Waals surface area contributed by atoms with Crippen LogP contribution in [0.3, 0.4) is 0 Å². The molecule has 0 bridgehead atoms. The molecule has 126 valence electrons. The third-order valence-corrected chi connectivity index (χ3v) is 5.33. The molecule has 0 unspecified atom stereocenters. The zero-order valence-electron chi connectivity index (χ0n) is 13.9. The maximum Gasteiger partial charge on any atom is 0.251 e. The van der Waals surface area contributed by atoms with E-state index < -0.39 is 5.91 Å². The van der Waals surface area contributed by atoms with Crippen LogP contribution in [0.5, 0.6) is 0 Å². The lowest BCUT2D eigenvalue weighted by atomic mass is 10.0. The second kappa shape index (κ2) is 6.75. The highest BCUT2D eigenvalue weighted by Crippen LogP contribution is 2.36. The van der Waals surface area contributed by atoms with Crippen molar-refractivity contribution in [2.45, 2.75) is 26.3 Å². The highest BCUT2D eigenvalue weighted by atomic mass is 32.1. The van der Waals surface area contributed by atoms with Crippen molar-refractivity contribution in [3.63, 3.8) is 0 Å². The van der Waals surface area contributed by atoms with E-state index in [0.717, 1.165) is 41.1 Å². The summed E-state index contributed by atoms with van der Waals surface area (Å²) in [4.78, 5) is 27.6. The average Bonchev–Trinajstić information content (AvgIpc) is 2.83. The summed E-state index contributed by atoms with van der Waals surface area (Å²) in [7, 11) is 2.04. The number of carbonyl (C=O) groups excluding carboxylic acids is 2. The number of nitrogens with one attached hydrogen (secondary N) is 1. The van der Waals surface area contributed by atoms with Gasteiger partial charge in [-0.25, -0.2) is 0 Å². The van der Waals surface area contributed by atoms with Crippen molar-refractivity contribution < 1.29 is 9.59 Å². The maximum atomic E-state index is 12.4. The Morgan fingerprint density at radius 3 is 2.88 bits per heavy atom. The second-order valence-corrected chi connectivity index (χ2v) is 7.38. The van der Waals surface area contributed by atoms with Gasteiger partial charge in [0, 0.05) is 18.0 Å². The fourth-order valence-corrected chi connectivity index (χ4v) is 4.41. The number of thiophene rings is 1. The molecular formula is C18H21N3O2S. The fraction of sp³-hybridized carbons (Fsp3) is 0.333. The van der Waals surface area contributed by atoms with Gasteiger partial charge in [0.15, 0.2) is 0 Å². The summed E-state index contributed by atoms with van der Waals surface area (Å²) in [5.74, 6) is -0.599. The number of fused-ring (bicyclic) bond motifs is 1. The van der Waals surface area contributed by atoms with Crippen LogP contribution in [0.2, 0.25) is 0 Å². The van der Waals surface area contributed by atoms with Crippen molar-refractivity contribution in [3.8, 4) is 0 Å². The van der Waals surface area contributed by atoms with Crippen LogP contribution in [0.1, 0.15) is 31.9 Å². The number of nitrogens with zero attached hydrogens (tertiary/aromatic N) is 1. The molecule has 2 amide bonds. The molecule has 5 nitrogen and oxygen atoms in total. The van der Waals surface area contributed by atoms with Crippen LogP contribution in [0.25, 0.3) is 0 Å². The number of amides is 2. The standard InChI is InChI=1S/C18H21N3O2S/c1-11-4-3-5-12(8-11)9-15(22)20-18-16(17(19)23)13-6-7-21(2)10-14(13)24-18/h3-5,8H,6-7,9-10H2,1-2H3,(H2,19,23)(H,20,22). The minimum atomic E-state index is -0.470. The molecule has 0 aliphatic carbocycles. The zero-order valence-corrected chi connectivity index (χ0v) is 14.7. The Balaban J connectivity index is 1.82. The van der Waals surface area contributed by atoms with Crippen LogP contribution < -0.4 is 11.1 Å². The number of hydrogen-bond acceptors (Lipinski definition) is 4. The molecule has 1 aromatic heterocycles. The summed E-state index contributed by atoms with van der Waals surface area (Å²) >= 11 is 1.46. The molecular weight excluding hydrogens is 322 g/mol. The predicted octanol–water partition coefficient (Wildman–Crippen LogP) is 2.32. The average molecular weight is 343 g/mol. The number of primary amides is 1.